The van der Waals surface area contributed by atoms with Gasteiger partial charge in [-0.3, -0.25) is 14.5 Å². The molecule has 2 aliphatic heterocycles. The number of nitrogens with zero attached hydrogens (tertiary/aromatic N) is 1. The molecule has 1 amide bonds. The molecule has 116 valence electrons. The summed E-state index contributed by atoms with van der Waals surface area (Å²) in [6, 6.07) is 0. The molecule has 2 aliphatic rings. The number of rotatable bonds is 3. The Hall–Kier alpha value is -1.63. The Morgan fingerprint density at radius 1 is 1.43 bits per heavy atom. The molecule has 2 rings (SSSR count). The number of hydrogen-bond donors (Lipinski definition) is 0. The average Bonchev–Trinajstić information content (AvgIpc) is 2.35. The fourth-order valence-corrected chi connectivity index (χ4v) is 3.78. The van der Waals surface area contributed by atoms with Crippen LogP contribution in [0.25, 0.3) is 0 Å². The zero-order chi connectivity index (χ0) is 16.2. The number of carbonyl (C=O) groups excluding carboxylic acids is 2. The standard InChI is InChI=1S/C14H19NO5S/c1-8-9(2)21(18,19)12-6-11(17)15(12)13(8)20-7-10(16)14(3,4)5/h12H,2,6-7H2,1,3-5H3/t12-/m1/s1. The van der Waals surface area contributed by atoms with Crippen LogP contribution in [0.1, 0.15) is 34.1 Å². The van der Waals surface area contributed by atoms with Crippen LogP contribution in [0.3, 0.4) is 0 Å². The third-order valence-corrected chi connectivity index (χ3v) is 5.83. The lowest BCUT2D eigenvalue weighted by Gasteiger charge is -2.44. The van der Waals surface area contributed by atoms with Crippen molar-refractivity contribution >= 4 is 21.5 Å². The third kappa shape index (κ3) is 2.39. The maximum atomic E-state index is 12.1. The van der Waals surface area contributed by atoms with Gasteiger partial charge in [0, 0.05) is 11.0 Å². The molecule has 0 N–H and O–H groups in total. The second kappa shape index (κ2) is 4.69. The zero-order valence-electron chi connectivity index (χ0n) is 12.6. The first-order valence-electron chi connectivity index (χ1n) is 6.60. The molecule has 0 aromatic heterocycles. The van der Waals surface area contributed by atoms with Crippen molar-refractivity contribution in [2.45, 2.75) is 39.5 Å². The van der Waals surface area contributed by atoms with Gasteiger partial charge in [-0.2, -0.15) is 0 Å². The molecule has 0 unspecified atom stereocenters. The number of hydrogen-bond acceptors (Lipinski definition) is 5. The van der Waals surface area contributed by atoms with Gasteiger partial charge in [0.1, 0.15) is 6.61 Å². The molecular formula is C14H19NO5S. The first kappa shape index (κ1) is 15.8. The van der Waals surface area contributed by atoms with Crippen LogP contribution in [0.2, 0.25) is 0 Å². The van der Waals surface area contributed by atoms with Crippen molar-refractivity contribution in [3.8, 4) is 0 Å². The Morgan fingerprint density at radius 3 is 2.48 bits per heavy atom. The monoisotopic (exact) mass is 313 g/mol. The first-order chi connectivity index (χ1) is 9.48. The predicted molar refractivity (Wildman–Crippen MR) is 76.4 cm³/mol. The van der Waals surface area contributed by atoms with Crippen LogP contribution < -0.4 is 0 Å². The van der Waals surface area contributed by atoms with Crippen LogP contribution in [0.15, 0.2) is 22.9 Å². The topological polar surface area (TPSA) is 80.8 Å². The number of carbonyl (C=O) groups is 2. The molecule has 6 nitrogen and oxygen atoms in total. The summed E-state index contributed by atoms with van der Waals surface area (Å²) < 4.78 is 29.7. The molecule has 0 saturated carbocycles. The van der Waals surface area contributed by atoms with E-state index in [1.165, 1.54) is 6.92 Å². The number of allylic oxidation sites excluding steroid dienone is 1. The van der Waals surface area contributed by atoms with Gasteiger partial charge >= 0.3 is 0 Å². The van der Waals surface area contributed by atoms with Gasteiger partial charge in [-0.1, -0.05) is 27.4 Å². The molecule has 0 aromatic rings. The van der Waals surface area contributed by atoms with E-state index in [1.807, 2.05) is 0 Å². The third-order valence-electron chi connectivity index (χ3n) is 3.74. The number of ketones is 1. The predicted octanol–water partition coefficient (Wildman–Crippen LogP) is 1.35. The highest BCUT2D eigenvalue weighted by Gasteiger charge is 2.53. The maximum Gasteiger partial charge on any atom is 0.233 e. The SMILES string of the molecule is C=C1C(C)=C(OCC(=O)C(C)(C)C)N2C(=O)C[C@H]2S1(=O)=O. The van der Waals surface area contributed by atoms with Gasteiger partial charge < -0.3 is 4.74 Å². The van der Waals surface area contributed by atoms with Crippen LogP contribution >= 0.6 is 0 Å². The highest BCUT2D eigenvalue weighted by Crippen LogP contribution is 2.41. The van der Waals surface area contributed by atoms with E-state index in [0.29, 0.717) is 0 Å². The maximum absolute atomic E-state index is 12.1. The largest absolute Gasteiger partial charge is 0.470 e. The fourth-order valence-electron chi connectivity index (χ4n) is 2.09. The molecule has 1 fully saturated rings. The zero-order valence-corrected chi connectivity index (χ0v) is 13.4. The Bertz CT molecular complexity index is 666. The molecule has 0 spiro atoms. The number of amides is 1. The van der Waals surface area contributed by atoms with E-state index in [-0.39, 0.29) is 41.1 Å². The summed E-state index contributed by atoms with van der Waals surface area (Å²) in [5, 5.41) is -0.944. The van der Waals surface area contributed by atoms with Crippen molar-refractivity contribution in [2.24, 2.45) is 5.41 Å². The smallest absolute Gasteiger partial charge is 0.233 e. The summed E-state index contributed by atoms with van der Waals surface area (Å²) >= 11 is 0. The molecule has 0 aliphatic carbocycles. The van der Waals surface area contributed by atoms with E-state index in [9.17, 15) is 18.0 Å². The number of β-lactam (4-membered cyclic amide) rings is 1. The van der Waals surface area contributed by atoms with E-state index >= 15 is 0 Å². The van der Waals surface area contributed by atoms with Crippen LogP contribution in [0.4, 0.5) is 0 Å². The van der Waals surface area contributed by atoms with Gasteiger partial charge in [-0.25, -0.2) is 8.42 Å². The minimum Gasteiger partial charge on any atom is -0.470 e. The van der Waals surface area contributed by atoms with Gasteiger partial charge in [-0.05, 0) is 6.92 Å². The molecule has 7 heteroatoms. The van der Waals surface area contributed by atoms with Crippen molar-refractivity contribution in [1.29, 1.82) is 0 Å². The van der Waals surface area contributed by atoms with Gasteiger partial charge in [-0.15, -0.1) is 0 Å². The Labute approximate surface area is 124 Å². The summed E-state index contributed by atoms with van der Waals surface area (Å²) in [5.74, 6) is -0.325. The minimum atomic E-state index is -3.60. The normalized spacial score (nSPS) is 24.6. The van der Waals surface area contributed by atoms with E-state index in [0.717, 1.165) is 4.90 Å². The number of sulfone groups is 1. The second-order valence-electron chi connectivity index (χ2n) is 6.28. The van der Waals surface area contributed by atoms with E-state index < -0.39 is 20.6 Å². The van der Waals surface area contributed by atoms with Crippen LogP contribution in [-0.4, -0.2) is 37.0 Å². The van der Waals surface area contributed by atoms with E-state index in [1.54, 1.807) is 20.8 Å². The first-order valence-corrected chi connectivity index (χ1v) is 8.14. The lowest BCUT2D eigenvalue weighted by atomic mass is 9.91. The lowest BCUT2D eigenvalue weighted by Crippen LogP contribution is -2.58. The molecule has 0 aromatic carbocycles. The highest BCUT2D eigenvalue weighted by atomic mass is 32.2. The van der Waals surface area contributed by atoms with Gasteiger partial charge in [0.15, 0.2) is 21.0 Å². The molecule has 0 bridgehead atoms. The fraction of sp³-hybridized carbons (Fsp3) is 0.571. The summed E-state index contributed by atoms with van der Waals surface area (Å²) in [6.07, 6.45) is -0.0747. The number of ether oxygens (including phenoxy) is 1. The van der Waals surface area contributed by atoms with Crippen molar-refractivity contribution in [2.75, 3.05) is 6.61 Å². The van der Waals surface area contributed by atoms with Crippen molar-refractivity contribution < 1.29 is 22.7 Å². The summed E-state index contributed by atoms with van der Waals surface area (Å²) in [6.45, 7) is 10.2. The molecule has 0 radical (unpaired) electrons. The Kier molecular flexibility index (Phi) is 3.52. The molecule has 1 atom stereocenters. The van der Waals surface area contributed by atoms with Gasteiger partial charge in [0.2, 0.25) is 11.8 Å². The number of Topliss-reactive ketones (excluding diaryl/α,β-unsaturated/α-hetero) is 1. The Morgan fingerprint density at radius 2 is 2.00 bits per heavy atom. The van der Waals surface area contributed by atoms with Gasteiger partial charge in [0.05, 0.1) is 11.3 Å². The molecule has 2 heterocycles. The van der Waals surface area contributed by atoms with Crippen molar-refractivity contribution in [3.63, 3.8) is 0 Å². The average molecular weight is 313 g/mol. The number of fused-ring (bicyclic) bond motifs is 1. The minimum absolute atomic E-state index is 0.0468. The summed E-state index contributed by atoms with van der Waals surface area (Å²) in [5.41, 5.74) is -0.286. The van der Waals surface area contributed by atoms with Crippen LogP contribution in [0, 0.1) is 5.41 Å². The lowest BCUT2D eigenvalue weighted by molar-refractivity contribution is -0.145. The van der Waals surface area contributed by atoms with Crippen molar-refractivity contribution in [1.82, 2.24) is 4.90 Å². The summed E-state index contributed by atoms with van der Waals surface area (Å²) in [7, 11) is -3.60. The summed E-state index contributed by atoms with van der Waals surface area (Å²) in [4.78, 5) is 24.7. The molecular weight excluding hydrogens is 294 g/mol. The molecule has 21 heavy (non-hydrogen) atoms. The van der Waals surface area contributed by atoms with Crippen LogP contribution in [0.5, 0.6) is 0 Å². The highest BCUT2D eigenvalue weighted by molar-refractivity contribution is 7.96. The van der Waals surface area contributed by atoms with Crippen LogP contribution in [-0.2, 0) is 24.2 Å². The van der Waals surface area contributed by atoms with E-state index in [2.05, 4.69) is 6.58 Å². The quantitative estimate of drug-likeness (QED) is 0.735. The van der Waals surface area contributed by atoms with Gasteiger partial charge in [0.25, 0.3) is 0 Å². The van der Waals surface area contributed by atoms with Crippen molar-refractivity contribution in [3.05, 3.63) is 22.9 Å². The Balaban J connectivity index is 2.29. The van der Waals surface area contributed by atoms with E-state index in [4.69, 9.17) is 4.74 Å². The second-order valence-corrected chi connectivity index (χ2v) is 8.41. The molecule has 1 saturated heterocycles.